The fourth-order valence-corrected chi connectivity index (χ4v) is 1.29. The molecule has 0 bridgehead atoms. The van der Waals surface area contributed by atoms with Crippen molar-refractivity contribution in [1.29, 1.82) is 0 Å². The summed E-state index contributed by atoms with van der Waals surface area (Å²) >= 11 is 0. The van der Waals surface area contributed by atoms with E-state index in [1.807, 2.05) is 0 Å². The van der Waals surface area contributed by atoms with Crippen LogP contribution < -0.4 is 5.32 Å². The molecule has 3 nitrogen and oxygen atoms in total. The predicted octanol–water partition coefficient (Wildman–Crippen LogP) is 1.82. The van der Waals surface area contributed by atoms with Crippen LogP contribution in [0.4, 0.5) is 0 Å². The van der Waals surface area contributed by atoms with E-state index in [1.54, 1.807) is 14.2 Å². The summed E-state index contributed by atoms with van der Waals surface area (Å²) in [4.78, 5) is 0. The Labute approximate surface area is 88.2 Å². The van der Waals surface area contributed by atoms with Gasteiger partial charge in [-0.2, -0.15) is 0 Å². The molecule has 1 unspecified atom stereocenters. The second-order valence-corrected chi connectivity index (χ2v) is 3.69. The van der Waals surface area contributed by atoms with E-state index in [0.717, 1.165) is 26.2 Å². The lowest BCUT2D eigenvalue weighted by atomic mass is 10.2. The van der Waals surface area contributed by atoms with Gasteiger partial charge in [-0.15, -0.1) is 0 Å². The minimum atomic E-state index is 0.567. The molecule has 1 atom stereocenters. The third-order valence-corrected chi connectivity index (χ3v) is 2.27. The lowest BCUT2D eigenvalue weighted by molar-refractivity contribution is 0.184. The van der Waals surface area contributed by atoms with Gasteiger partial charge in [0.1, 0.15) is 0 Å². The summed E-state index contributed by atoms with van der Waals surface area (Å²) in [6, 6.07) is 0.567. The molecule has 0 saturated heterocycles. The first-order valence-corrected chi connectivity index (χ1v) is 5.52. The lowest BCUT2D eigenvalue weighted by Crippen LogP contribution is -2.28. The van der Waals surface area contributed by atoms with Gasteiger partial charge in [-0.1, -0.05) is 0 Å². The van der Waals surface area contributed by atoms with E-state index in [-0.39, 0.29) is 0 Å². The first-order valence-electron chi connectivity index (χ1n) is 5.52. The number of nitrogens with one attached hydrogen (secondary N) is 1. The zero-order valence-corrected chi connectivity index (χ0v) is 9.84. The Bertz CT molecular complexity index is 109. The van der Waals surface area contributed by atoms with E-state index in [2.05, 4.69) is 12.2 Å². The highest BCUT2D eigenvalue weighted by molar-refractivity contribution is 4.59. The second kappa shape index (κ2) is 11.0. The summed E-state index contributed by atoms with van der Waals surface area (Å²) in [6.07, 6.45) is 4.75. The molecule has 0 aliphatic heterocycles. The topological polar surface area (TPSA) is 30.5 Å². The fourth-order valence-electron chi connectivity index (χ4n) is 1.29. The van der Waals surface area contributed by atoms with Gasteiger partial charge in [-0.05, 0) is 39.2 Å². The van der Waals surface area contributed by atoms with Crippen molar-refractivity contribution >= 4 is 0 Å². The summed E-state index contributed by atoms with van der Waals surface area (Å²) in [5.74, 6) is 0. The predicted molar refractivity (Wildman–Crippen MR) is 59.7 cm³/mol. The molecule has 86 valence electrons. The van der Waals surface area contributed by atoms with Crippen LogP contribution in [0.15, 0.2) is 0 Å². The van der Waals surface area contributed by atoms with Crippen molar-refractivity contribution in [1.82, 2.24) is 5.32 Å². The zero-order chi connectivity index (χ0) is 10.6. The van der Waals surface area contributed by atoms with Crippen LogP contribution in [0, 0.1) is 0 Å². The zero-order valence-electron chi connectivity index (χ0n) is 9.84. The first-order chi connectivity index (χ1) is 6.81. The first kappa shape index (κ1) is 13.9. The SMILES string of the molecule is COCCCCCNC(C)CCOC. The van der Waals surface area contributed by atoms with Gasteiger partial charge < -0.3 is 14.8 Å². The van der Waals surface area contributed by atoms with Crippen molar-refractivity contribution in [3.05, 3.63) is 0 Å². The van der Waals surface area contributed by atoms with E-state index >= 15 is 0 Å². The minimum Gasteiger partial charge on any atom is -0.385 e. The third kappa shape index (κ3) is 9.96. The van der Waals surface area contributed by atoms with Gasteiger partial charge in [-0.3, -0.25) is 0 Å². The lowest BCUT2D eigenvalue weighted by Gasteiger charge is -2.12. The Morgan fingerprint density at radius 3 is 2.36 bits per heavy atom. The molecule has 0 aromatic carbocycles. The van der Waals surface area contributed by atoms with Crippen LogP contribution in [0.5, 0.6) is 0 Å². The second-order valence-electron chi connectivity index (χ2n) is 3.69. The van der Waals surface area contributed by atoms with Gasteiger partial charge >= 0.3 is 0 Å². The summed E-state index contributed by atoms with van der Waals surface area (Å²) in [6.45, 7) is 5.04. The number of ether oxygens (including phenoxy) is 2. The Kier molecular flexibility index (Phi) is 10.9. The van der Waals surface area contributed by atoms with E-state index in [4.69, 9.17) is 9.47 Å². The molecule has 0 fully saturated rings. The molecule has 0 heterocycles. The standard InChI is InChI=1S/C11H25NO2/c1-11(7-10-14-3)12-8-5-4-6-9-13-2/h11-12H,4-10H2,1-3H3. The molecule has 0 radical (unpaired) electrons. The smallest absolute Gasteiger partial charge is 0.0476 e. The summed E-state index contributed by atoms with van der Waals surface area (Å²) < 4.78 is 10.0. The maximum absolute atomic E-state index is 5.02. The molecule has 3 heteroatoms. The molecule has 0 aromatic rings. The molecule has 0 rings (SSSR count). The van der Waals surface area contributed by atoms with Crippen molar-refractivity contribution < 1.29 is 9.47 Å². The normalized spacial score (nSPS) is 13.1. The number of hydrogen-bond acceptors (Lipinski definition) is 3. The maximum Gasteiger partial charge on any atom is 0.0476 e. The molecule has 0 aromatic heterocycles. The van der Waals surface area contributed by atoms with Crippen molar-refractivity contribution in [3.8, 4) is 0 Å². The van der Waals surface area contributed by atoms with Crippen LogP contribution in [-0.4, -0.2) is 40.0 Å². The molecule has 0 amide bonds. The third-order valence-electron chi connectivity index (χ3n) is 2.27. The molecular formula is C11H25NO2. The van der Waals surface area contributed by atoms with E-state index in [1.165, 1.54) is 19.3 Å². The van der Waals surface area contributed by atoms with Crippen LogP contribution in [0.1, 0.15) is 32.6 Å². The summed E-state index contributed by atoms with van der Waals surface area (Å²) in [5.41, 5.74) is 0. The number of rotatable bonds is 10. The molecule has 0 spiro atoms. The van der Waals surface area contributed by atoms with Crippen molar-refractivity contribution in [2.45, 2.75) is 38.6 Å². The molecule has 14 heavy (non-hydrogen) atoms. The number of hydrogen-bond donors (Lipinski definition) is 1. The van der Waals surface area contributed by atoms with E-state index in [9.17, 15) is 0 Å². The Morgan fingerprint density at radius 2 is 1.71 bits per heavy atom. The average Bonchev–Trinajstić information content (AvgIpc) is 2.20. The highest BCUT2D eigenvalue weighted by Crippen LogP contribution is 1.96. The molecule has 1 N–H and O–H groups in total. The van der Waals surface area contributed by atoms with E-state index in [0.29, 0.717) is 6.04 Å². The molecule has 0 aliphatic rings. The Balaban J connectivity index is 3.02. The number of methoxy groups -OCH3 is 2. The Morgan fingerprint density at radius 1 is 1.00 bits per heavy atom. The van der Waals surface area contributed by atoms with Gasteiger partial charge in [0.25, 0.3) is 0 Å². The van der Waals surface area contributed by atoms with Gasteiger partial charge in [0.05, 0.1) is 0 Å². The van der Waals surface area contributed by atoms with Crippen molar-refractivity contribution in [3.63, 3.8) is 0 Å². The summed E-state index contributed by atoms with van der Waals surface area (Å²) in [7, 11) is 3.50. The monoisotopic (exact) mass is 203 g/mol. The quantitative estimate of drug-likeness (QED) is 0.549. The molecule has 0 aliphatic carbocycles. The fraction of sp³-hybridized carbons (Fsp3) is 1.00. The van der Waals surface area contributed by atoms with E-state index < -0.39 is 0 Å². The van der Waals surface area contributed by atoms with Crippen LogP contribution in [0.3, 0.4) is 0 Å². The molecular weight excluding hydrogens is 178 g/mol. The van der Waals surface area contributed by atoms with Crippen LogP contribution in [0.25, 0.3) is 0 Å². The van der Waals surface area contributed by atoms with Crippen LogP contribution >= 0.6 is 0 Å². The highest BCUT2D eigenvalue weighted by atomic mass is 16.5. The van der Waals surface area contributed by atoms with Crippen molar-refractivity contribution in [2.24, 2.45) is 0 Å². The minimum absolute atomic E-state index is 0.567. The van der Waals surface area contributed by atoms with Gasteiger partial charge in [0.2, 0.25) is 0 Å². The largest absolute Gasteiger partial charge is 0.385 e. The van der Waals surface area contributed by atoms with Crippen LogP contribution in [0.2, 0.25) is 0 Å². The Hall–Kier alpha value is -0.120. The maximum atomic E-state index is 5.02. The molecule has 0 saturated carbocycles. The van der Waals surface area contributed by atoms with Gasteiger partial charge in [0, 0.05) is 33.5 Å². The van der Waals surface area contributed by atoms with Gasteiger partial charge in [0.15, 0.2) is 0 Å². The van der Waals surface area contributed by atoms with Crippen molar-refractivity contribution in [2.75, 3.05) is 34.0 Å². The van der Waals surface area contributed by atoms with Crippen LogP contribution in [-0.2, 0) is 9.47 Å². The number of unbranched alkanes of at least 4 members (excludes halogenated alkanes) is 2. The highest BCUT2D eigenvalue weighted by Gasteiger charge is 1.99. The van der Waals surface area contributed by atoms with Gasteiger partial charge in [-0.25, -0.2) is 0 Å². The summed E-state index contributed by atoms with van der Waals surface area (Å²) in [5, 5.41) is 3.47. The average molecular weight is 203 g/mol.